The van der Waals surface area contributed by atoms with Crippen molar-refractivity contribution >= 4 is 31.7 Å². The van der Waals surface area contributed by atoms with Gasteiger partial charge in [-0.15, -0.1) is 0 Å². The van der Waals surface area contributed by atoms with E-state index in [9.17, 15) is 13.2 Å². The normalized spacial score (nSPS) is 11.2. The molecule has 2 aromatic rings. The van der Waals surface area contributed by atoms with E-state index in [-0.39, 0.29) is 5.75 Å². The van der Waals surface area contributed by atoms with Crippen LogP contribution in [0.1, 0.15) is 12.0 Å². The van der Waals surface area contributed by atoms with Crippen LogP contribution in [0.15, 0.2) is 57.9 Å². The van der Waals surface area contributed by atoms with E-state index >= 15 is 0 Å². The van der Waals surface area contributed by atoms with Crippen molar-refractivity contribution in [3.63, 3.8) is 0 Å². The minimum atomic E-state index is -3.31. The smallest absolute Gasteiger partial charge is 0.341 e. The first kappa shape index (κ1) is 18.5. The van der Waals surface area contributed by atoms with Crippen molar-refractivity contribution in [2.45, 2.75) is 17.7 Å². The summed E-state index contributed by atoms with van der Waals surface area (Å²) in [5, 5.41) is 8.61. The van der Waals surface area contributed by atoms with Gasteiger partial charge in [0.2, 0.25) is 0 Å². The Morgan fingerprint density at radius 3 is 2.50 bits per heavy atom. The molecule has 2 rings (SSSR count). The number of carboxylic acid groups (broad SMARTS) is 1. The molecule has 0 heterocycles. The van der Waals surface area contributed by atoms with Gasteiger partial charge in [0, 0.05) is 4.47 Å². The third kappa shape index (κ3) is 5.65. The third-order valence-corrected chi connectivity index (χ3v) is 5.66. The zero-order chi connectivity index (χ0) is 17.6. The molecule has 7 heteroatoms. The SMILES string of the molecule is O=C(O)COc1cccc(CCCS(=O)(=O)c2ccc(Br)cc2)c1. The maximum atomic E-state index is 12.3. The first-order valence-electron chi connectivity index (χ1n) is 7.29. The molecule has 0 fully saturated rings. The Hall–Kier alpha value is -1.86. The maximum Gasteiger partial charge on any atom is 0.341 e. The van der Waals surface area contributed by atoms with E-state index < -0.39 is 22.4 Å². The van der Waals surface area contributed by atoms with Gasteiger partial charge in [0.1, 0.15) is 5.75 Å². The largest absolute Gasteiger partial charge is 0.482 e. The highest BCUT2D eigenvalue weighted by molar-refractivity contribution is 9.10. The number of carboxylic acids is 1. The summed E-state index contributed by atoms with van der Waals surface area (Å²) in [6, 6.07) is 13.6. The molecule has 2 aromatic carbocycles. The molecule has 0 aliphatic heterocycles. The predicted octanol–water partition coefficient (Wildman–Crippen LogP) is 3.32. The summed E-state index contributed by atoms with van der Waals surface area (Å²) in [6.07, 6.45) is 1.04. The Labute approximate surface area is 149 Å². The molecular weight excluding hydrogens is 396 g/mol. The van der Waals surface area contributed by atoms with Gasteiger partial charge >= 0.3 is 5.97 Å². The van der Waals surface area contributed by atoms with Gasteiger partial charge in [0.05, 0.1) is 10.6 Å². The van der Waals surface area contributed by atoms with Crippen molar-refractivity contribution < 1.29 is 23.1 Å². The van der Waals surface area contributed by atoms with Crippen LogP contribution >= 0.6 is 15.9 Å². The second-order valence-electron chi connectivity index (χ2n) is 5.21. The number of sulfone groups is 1. The third-order valence-electron chi connectivity index (χ3n) is 3.31. The molecule has 0 aromatic heterocycles. The molecule has 0 amide bonds. The van der Waals surface area contributed by atoms with Crippen LogP contribution in [0.25, 0.3) is 0 Å². The molecule has 0 bridgehead atoms. The summed E-state index contributed by atoms with van der Waals surface area (Å²) in [6.45, 7) is -0.401. The van der Waals surface area contributed by atoms with E-state index in [4.69, 9.17) is 9.84 Å². The number of hydrogen-bond acceptors (Lipinski definition) is 4. The number of aliphatic carboxylic acids is 1. The number of carbonyl (C=O) groups is 1. The Kier molecular flexibility index (Phi) is 6.39. The van der Waals surface area contributed by atoms with Crippen molar-refractivity contribution in [2.24, 2.45) is 0 Å². The summed E-state index contributed by atoms with van der Waals surface area (Å²) in [5.74, 6) is -0.527. The van der Waals surface area contributed by atoms with Crippen LogP contribution in [0.3, 0.4) is 0 Å². The van der Waals surface area contributed by atoms with Crippen LogP contribution < -0.4 is 4.74 Å². The second kappa shape index (κ2) is 8.30. The first-order chi connectivity index (χ1) is 11.4. The van der Waals surface area contributed by atoms with E-state index in [1.54, 1.807) is 42.5 Å². The highest BCUT2D eigenvalue weighted by atomic mass is 79.9. The Morgan fingerprint density at radius 1 is 1.12 bits per heavy atom. The quantitative estimate of drug-likeness (QED) is 0.718. The van der Waals surface area contributed by atoms with Crippen molar-refractivity contribution in [2.75, 3.05) is 12.4 Å². The number of hydrogen-bond donors (Lipinski definition) is 1. The van der Waals surface area contributed by atoms with E-state index in [1.165, 1.54) is 0 Å². The molecule has 0 spiro atoms. The van der Waals surface area contributed by atoms with Gasteiger partial charge in [-0.1, -0.05) is 28.1 Å². The molecule has 0 saturated heterocycles. The Bertz CT molecular complexity index is 800. The van der Waals surface area contributed by atoms with Crippen LogP contribution in [0.4, 0.5) is 0 Å². The van der Waals surface area contributed by atoms with E-state index in [0.717, 1.165) is 10.0 Å². The number of halogens is 1. The van der Waals surface area contributed by atoms with Gasteiger partial charge in [-0.25, -0.2) is 13.2 Å². The highest BCUT2D eigenvalue weighted by Crippen LogP contribution is 2.18. The number of rotatable bonds is 8. The molecule has 0 saturated carbocycles. The van der Waals surface area contributed by atoms with Crippen LogP contribution in [-0.4, -0.2) is 31.9 Å². The summed E-state index contributed by atoms with van der Waals surface area (Å²) in [4.78, 5) is 10.8. The monoisotopic (exact) mass is 412 g/mol. The lowest BCUT2D eigenvalue weighted by atomic mass is 10.1. The van der Waals surface area contributed by atoms with Crippen LogP contribution in [0, 0.1) is 0 Å². The standard InChI is InChI=1S/C17H17BrO5S/c18-14-6-8-16(9-7-14)24(21,22)10-2-4-13-3-1-5-15(11-13)23-12-17(19)20/h1,3,5-9,11H,2,4,10,12H2,(H,19,20). The minimum absolute atomic E-state index is 0.0504. The van der Waals surface area contributed by atoms with Gasteiger partial charge in [0.15, 0.2) is 16.4 Å². The van der Waals surface area contributed by atoms with E-state index in [2.05, 4.69) is 15.9 Å². The lowest BCUT2D eigenvalue weighted by molar-refractivity contribution is -0.139. The van der Waals surface area contributed by atoms with Gasteiger partial charge in [0.25, 0.3) is 0 Å². The first-order valence-corrected chi connectivity index (χ1v) is 9.73. The predicted molar refractivity (Wildman–Crippen MR) is 94.1 cm³/mol. The molecule has 0 aliphatic rings. The molecule has 5 nitrogen and oxygen atoms in total. The number of ether oxygens (including phenoxy) is 1. The van der Waals surface area contributed by atoms with Crippen molar-refractivity contribution in [3.8, 4) is 5.75 Å². The average Bonchev–Trinajstić information content (AvgIpc) is 2.53. The zero-order valence-corrected chi connectivity index (χ0v) is 15.2. The van der Waals surface area contributed by atoms with Crippen molar-refractivity contribution in [1.82, 2.24) is 0 Å². The highest BCUT2D eigenvalue weighted by Gasteiger charge is 2.13. The molecule has 0 aliphatic carbocycles. The van der Waals surface area contributed by atoms with Gasteiger partial charge < -0.3 is 9.84 Å². The zero-order valence-electron chi connectivity index (χ0n) is 12.8. The van der Waals surface area contributed by atoms with E-state index in [1.807, 2.05) is 6.07 Å². The van der Waals surface area contributed by atoms with E-state index in [0.29, 0.717) is 23.5 Å². The van der Waals surface area contributed by atoms with Gasteiger partial charge in [-0.3, -0.25) is 0 Å². The van der Waals surface area contributed by atoms with Crippen LogP contribution in [0.2, 0.25) is 0 Å². The molecule has 0 unspecified atom stereocenters. The topological polar surface area (TPSA) is 80.7 Å². The van der Waals surface area contributed by atoms with Gasteiger partial charge in [-0.05, 0) is 54.8 Å². The van der Waals surface area contributed by atoms with Crippen molar-refractivity contribution in [1.29, 1.82) is 0 Å². The molecule has 0 radical (unpaired) electrons. The molecule has 128 valence electrons. The lowest BCUT2D eigenvalue weighted by Crippen LogP contribution is -2.09. The fourth-order valence-electron chi connectivity index (χ4n) is 2.16. The fourth-order valence-corrected chi connectivity index (χ4v) is 3.74. The minimum Gasteiger partial charge on any atom is -0.482 e. The van der Waals surface area contributed by atoms with Crippen molar-refractivity contribution in [3.05, 3.63) is 58.6 Å². The van der Waals surface area contributed by atoms with Crippen LogP contribution in [-0.2, 0) is 21.1 Å². The van der Waals surface area contributed by atoms with Gasteiger partial charge in [-0.2, -0.15) is 0 Å². The summed E-state index contributed by atoms with van der Waals surface area (Å²) in [7, 11) is -3.31. The fraction of sp³-hybridized carbons (Fsp3) is 0.235. The second-order valence-corrected chi connectivity index (χ2v) is 8.23. The summed E-state index contributed by atoms with van der Waals surface area (Å²) in [5.41, 5.74) is 0.906. The number of aryl methyl sites for hydroxylation is 1. The lowest BCUT2D eigenvalue weighted by Gasteiger charge is -2.07. The molecular formula is C17H17BrO5S. The summed E-state index contributed by atoms with van der Waals surface area (Å²) >= 11 is 3.28. The molecule has 1 N–H and O–H groups in total. The molecule has 0 atom stereocenters. The maximum absolute atomic E-state index is 12.3. The summed E-state index contributed by atoms with van der Waals surface area (Å²) < 4.78 is 30.5. The molecule has 24 heavy (non-hydrogen) atoms. The van der Waals surface area contributed by atoms with Crippen LogP contribution in [0.5, 0.6) is 5.75 Å². The Morgan fingerprint density at radius 2 is 1.83 bits per heavy atom. The average molecular weight is 413 g/mol. The Balaban J connectivity index is 1.92. The number of benzene rings is 2.